The number of ether oxygens (including phenoxy) is 1. The van der Waals surface area contributed by atoms with E-state index in [1.165, 1.54) is 73.9 Å². The van der Waals surface area contributed by atoms with Gasteiger partial charge in [-0.25, -0.2) is 0 Å². The number of benzene rings is 1. The van der Waals surface area contributed by atoms with Gasteiger partial charge in [-0.1, -0.05) is 35.9 Å². The van der Waals surface area contributed by atoms with E-state index in [0.717, 1.165) is 26.1 Å². The molecule has 1 aromatic carbocycles. The van der Waals surface area contributed by atoms with Gasteiger partial charge >= 0.3 is 0 Å². The Labute approximate surface area is 157 Å². The van der Waals surface area contributed by atoms with Gasteiger partial charge in [-0.15, -0.1) is 0 Å². The van der Waals surface area contributed by atoms with Gasteiger partial charge in [-0.05, 0) is 87.0 Å². The lowest BCUT2D eigenvalue weighted by atomic mass is 9.87. The number of hydrogen-bond acceptors (Lipinski definition) is 1. The molecule has 1 aromatic heterocycles. The van der Waals surface area contributed by atoms with Gasteiger partial charge in [-0.2, -0.15) is 0 Å². The molecular formula is C24H31NO. The first kappa shape index (κ1) is 17.6. The summed E-state index contributed by atoms with van der Waals surface area (Å²) in [6.07, 6.45) is 14.8. The van der Waals surface area contributed by atoms with E-state index in [2.05, 4.69) is 41.4 Å². The second-order valence-electron chi connectivity index (χ2n) is 7.86. The number of hydrogen-bond donors (Lipinski definition) is 1. The Balaban J connectivity index is 1.12. The SMILES string of the molecule is C(CCCCOCc1cc2c([nH]1)CCCC2)=C1CCc2ccccc2C1. The molecule has 0 saturated carbocycles. The molecule has 1 N–H and O–H groups in total. The Kier molecular flexibility index (Phi) is 5.91. The zero-order valence-corrected chi connectivity index (χ0v) is 15.9. The molecule has 0 spiro atoms. The summed E-state index contributed by atoms with van der Waals surface area (Å²) in [5.74, 6) is 0. The Hall–Kier alpha value is -1.80. The lowest BCUT2D eigenvalue weighted by Crippen LogP contribution is -2.05. The van der Waals surface area contributed by atoms with Gasteiger partial charge in [0.2, 0.25) is 0 Å². The fourth-order valence-electron chi connectivity index (χ4n) is 4.36. The van der Waals surface area contributed by atoms with Crippen LogP contribution in [0.1, 0.15) is 66.6 Å². The number of unbranched alkanes of at least 4 members (excludes halogenated alkanes) is 2. The van der Waals surface area contributed by atoms with Crippen LogP contribution in [0, 0.1) is 0 Å². The molecule has 0 atom stereocenters. The molecule has 0 unspecified atom stereocenters. The number of aryl methyl sites for hydroxylation is 3. The normalized spacial score (nSPS) is 17.9. The van der Waals surface area contributed by atoms with Gasteiger partial charge in [0.1, 0.15) is 0 Å². The van der Waals surface area contributed by atoms with Crippen LogP contribution in [0.3, 0.4) is 0 Å². The molecule has 2 heteroatoms. The monoisotopic (exact) mass is 349 g/mol. The number of nitrogens with one attached hydrogen (secondary N) is 1. The average molecular weight is 350 g/mol. The number of H-pyrrole nitrogens is 1. The fourth-order valence-corrected chi connectivity index (χ4v) is 4.36. The lowest BCUT2D eigenvalue weighted by molar-refractivity contribution is 0.115. The minimum Gasteiger partial charge on any atom is -0.375 e. The Morgan fingerprint density at radius 2 is 1.81 bits per heavy atom. The molecule has 138 valence electrons. The molecule has 0 radical (unpaired) electrons. The van der Waals surface area contributed by atoms with Crippen LogP contribution in [-0.2, 0) is 37.0 Å². The molecule has 4 rings (SSSR count). The first-order chi connectivity index (χ1) is 12.9. The molecule has 2 aliphatic rings. The molecule has 0 saturated heterocycles. The summed E-state index contributed by atoms with van der Waals surface area (Å²) in [6.45, 7) is 1.61. The Bertz CT molecular complexity index is 732. The van der Waals surface area contributed by atoms with Crippen LogP contribution in [0.5, 0.6) is 0 Å². The molecule has 2 aliphatic carbocycles. The molecule has 1 heterocycles. The summed E-state index contributed by atoms with van der Waals surface area (Å²) in [4.78, 5) is 3.55. The first-order valence-corrected chi connectivity index (χ1v) is 10.4. The number of aromatic amines is 1. The quantitative estimate of drug-likeness (QED) is 0.504. The molecule has 0 aliphatic heterocycles. The maximum atomic E-state index is 5.88. The first-order valence-electron chi connectivity index (χ1n) is 10.4. The van der Waals surface area contributed by atoms with Crippen molar-refractivity contribution >= 4 is 0 Å². The minimum atomic E-state index is 0.741. The van der Waals surface area contributed by atoms with E-state index in [1.54, 1.807) is 11.1 Å². The number of fused-ring (bicyclic) bond motifs is 2. The highest BCUT2D eigenvalue weighted by molar-refractivity contribution is 5.35. The van der Waals surface area contributed by atoms with Gasteiger partial charge in [0.05, 0.1) is 6.61 Å². The number of rotatable bonds is 7. The van der Waals surface area contributed by atoms with Crippen molar-refractivity contribution in [3.8, 4) is 0 Å². The lowest BCUT2D eigenvalue weighted by Gasteiger charge is -2.18. The van der Waals surface area contributed by atoms with Gasteiger partial charge in [0.25, 0.3) is 0 Å². The van der Waals surface area contributed by atoms with E-state index in [-0.39, 0.29) is 0 Å². The van der Waals surface area contributed by atoms with E-state index >= 15 is 0 Å². The fraction of sp³-hybridized carbons (Fsp3) is 0.500. The van der Waals surface area contributed by atoms with Crippen molar-refractivity contribution in [2.45, 2.75) is 70.8 Å². The zero-order chi connectivity index (χ0) is 17.6. The van der Waals surface area contributed by atoms with Crippen molar-refractivity contribution in [2.24, 2.45) is 0 Å². The third kappa shape index (κ3) is 4.48. The zero-order valence-electron chi connectivity index (χ0n) is 15.9. The second kappa shape index (κ2) is 8.73. The van der Waals surface area contributed by atoms with Crippen molar-refractivity contribution in [2.75, 3.05) is 6.61 Å². The topological polar surface area (TPSA) is 25.0 Å². The van der Waals surface area contributed by atoms with E-state index in [0.29, 0.717) is 0 Å². The van der Waals surface area contributed by atoms with E-state index in [4.69, 9.17) is 4.74 Å². The third-order valence-electron chi connectivity index (χ3n) is 5.86. The van der Waals surface area contributed by atoms with Crippen molar-refractivity contribution in [1.29, 1.82) is 0 Å². The van der Waals surface area contributed by atoms with Crippen LogP contribution in [0.25, 0.3) is 0 Å². The summed E-state index contributed by atoms with van der Waals surface area (Å²) in [6, 6.07) is 11.2. The Morgan fingerprint density at radius 1 is 0.923 bits per heavy atom. The molecular weight excluding hydrogens is 318 g/mol. The molecule has 2 aromatic rings. The third-order valence-corrected chi connectivity index (χ3v) is 5.86. The highest BCUT2D eigenvalue weighted by atomic mass is 16.5. The van der Waals surface area contributed by atoms with Crippen LogP contribution in [0.4, 0.5) is 0 Å². The van der Waals surface area contributed by atoms with Crippen molar-refractivity contribution in [1.82, 2.24) is 4.98 Å². The van der Waals surface area contributed by atoms with Crippen LogP contribution < -0.4 is 0 Å². The second-order valence-corrected chi connectivity index (χ2v) is 7.86. The van der Waals surface area contributed by atoms with Gasteiger partial charge < -0.3 is 9.72 Å². The summed E-state index contributed by atoms with van der Waals surface area (Å²) in [5.41, 5.74) is 8.94. The number of allylic oxidation sites excluding steroid dienone is 2. The van der Waals surface area contributed by atoms with Crippen LogP contribution in [-0.4, -0.2) is 11.6 Å². The van der Waals surface area contributed by atoms with Crippen molar-refractivity contribution in [3.05, 3.63) is 70.1 Å². The number of aromatic nitrogens is 1. The summed E-state index contributed by atoms with van der Waals surface area (Å²) < 4.78 is 5.88. The van der Waals surface area contributed by atoms with Crippen LogP contribution in [0.2, 0.25) is 0 Å². The minimum absolute atomic E-state index is 0.741. The largest absolute Gasteiger partial charge is 0.375 e. The highest BCUT2D eigenvalue weighted by Gasteiger charge is 2.13. The average Bonchev–Trinajstić information content (AvgIpc) is 3.10. The summed E-state index contributed by atoms with van der Waals surface area (Å²) in [5, 5.41) is 0. The van der Waals surface area contributed by atoms with E-state index in [1.807, 2.05) is 0 Å². The van der Waals surface area contributed by atoms with Crippen molar-refractivity contribution < 1.29 is 4.74 Å². The van der Waals surface area contributed by atoms with Gasteiger partial charge in [0, 0.05) is 18.0 Å². The van der Waals surface area contributed by atoms with E-state index in [9.17, 15) is 0 Å². The van der Waals surface area contributed by atoms with Gasteiger partial charge in [0.15, 0.2) is 0 Å². The summed E-state index contributed by atoms with van der Waals surface area (Å²) in [7, 11) is 0. The highest BCUT2D eigenvalue weighted by Crippen LogP contribution is 2.25. The van der Waals surface area contributed by atoms with Crippen molar-refractivity contribution in [3.63, 3.8) is 0 Å². The molecule has 0 fully saturated rings. The van der Waals surface area contributed by atoms with Gasteiger partial charge in [-0.3, -0.25) is 0 Å². The maximum Gasteiger partial charge on any atom is 0.0865 e. The molecule has 26 heavy (non-hydrogen) atoms. The summed E-state index contributed by atoms with van der Waals surface area (Å²) >= 11 is 0. The standard InChI is InChI=1S/C24H31NO/c1(2-8-19-13-14-20-9-3-4-10-21(20)16-19)7-15-26-18-23-17-22-11-5-6-12-24(22)25-23/h3-4,8-10,17,25H,1-2,5-7,11-16,18H2. The van der Waals surface area contributed by atoms with E-state index < -0.39 is 0 Å². The maximum absolute atomic E-state index is 5.88. The Morgan fingerprint density at radius 3 is 2.73 bits per heavy atom. The predicted octanol–water partition coefficient (Wildman–Crippen LogP) is 5.70. The van der Waals surface area contributed by atoms with Crippen LogP contribution >= 0.6 is 0 Å². The smallest absolute Gasteiger partial charge is 0.0865 e. The molecule has 0 amide bonds. The molecule has 0 bridgehead atoms. The predicted molar refractivity (Wildman–Crippen MR) is 107 cm³/mol. The molecule has 2 nitrogen and oxygen atoms in total. The van der Waals surface area contributed by atoms with Crippen LogP contribution in [0.15, 0.2) is 42.0 Å².